The van der Waals surface area contributed by atoms with Gasteiger partial charge in [0.25, 0.3) is 0 Å². The van der Waals surface area contributed by atoms with Gasteiger partial charge in [-0.2, -0.15) is 0 Å². The second-order valence-electron chi connectivity index (χ2n) is 3.66. The molecule has 0 aromatic heterocycles. The van der Waals surface area contributed by atoms with Gasteiger partial charge in [0.2, 0.25) is 0 Å². The van der Waals surface area contributed by atoms with E-state index in [-0.39, 0.29) is 19.3 Å². The zero-order valence-corrected chi connectivity index (χ0v) is 10.9. The third kappa shape index (κ3) is 5.31. The first kappa shape index (κ1) is 14.7. The molecule has 0 aliphatic heterocycles. The Labute approximate surface area is 105 Å². The molecule has 1 aromatic rings. The van der Waals surface area contributed by atoms with E-state index in [2.05, 4.69) is 5.32 Å². The molecule has 0 bridgehead atoms. The Morgan fingerprint density at radius 3 is 2.50 bits per heavy atom. The van der Waals surface area contributed by atoms with Crippen LogP contribution in [-0.4, -0.2) is 29.1 Å². The number of carbonyl (C=O) groups is 1. The van der Waals surface area contributed by atoms with Crippen LogP contribution >= 0.6 is 7.60 Å². The van der Waals surface area contributed by atoms with Gasteiger partial charge in [0.15, 0.2) is 0 Å². The third-order valence-electron chi connectivity index (χ3n) is 2.11. The maximum Gasteiger partial charge on any atom is 0.332 e. The Bertz CT molecular complexity index is 445. The van der Waals surface area contributed by atoms with Gasteiger partial charge in [0, 0.05) is 5.69 Å². The molecule has 7 heteroatoms. The highest BCUT2D eigenvalue weighted by Gasteiger charge is 2.18. The highest BCUT2D eigenvalue weighted by atomic mass is 31.2. The molecule has 0 fully saturated rings. The summed E-state index contributed by atoms with van der Waals surface area (Å²) in [6.07, 6.45) is -0.0555. The van der Waals surface area contributed by atoms with E-state index in [0.717, 1.165) is 0 Å². The molecule has 1 atom stereocenters. The lowest BCUT2D eigenvalue weighted by molar-refractivity contribution is -0.134. The van der Waals surface area contributed by atoms with Crippen molar-refractivity contribution >= 4 is 19.3 Å². The van der Waals surface area contributed by atoms with Crippen molar-refractivity contribution in [2.75, 3.05) is 18.5 Å². The van der Waals surface area contributed by atoms with Gasteiger partial charge < -0.3 is 19.8 Å². The van der Waals surface area contributed by atoms with Crippen LogP contribution in [0.25, 0.3) is 0 Å². The molecular formula is C11H16NO5P. The van der Waals surface area contributed by atoms with E-state index < -0.39 is 13.6 Å². The molecular weight excluding hydrogens is 257 g/mol. The number of aliphatic carboxylic acids is 1. The predicted molar refractivity (Wildman–Crippen MR) is 67.7 cm³/mol. The fraction of sp³-hybridized carbons (Fsp3) is 0.364. The molecule has 0 aliphatic rings. The maximum absolute atomic E-state index is 11.5. The fourth-order valence-corrected chi connectivity index (χ4v) is 2.55. The standard InChI is InChI=1S/C11H16NO5P/c1-2-17-18(15,16)8-9-3-5-10(6-4-9)12-7-11(13)14/h3-6,12H,2,7-8H2,1H3,(H,13,14)(H,15,16). The van der Waals surface area contributed by atoms with Crippen molar-refractivity contribution < 1.29 is 23.9 Å². The predicted octanol–water partition coefficient (Wildman–Crippen LogP) is 1.91. The number of carboxylic acids is 1. The lowest BCUT2D eigenvalue weighted by Gasteiger charge is -2.11. The topological polar surface area (TPSA) is 95.9 Å². The van der Waals surface area contributed by atoms with Gasteiger partial charge >= 0.3 is 13.6 Å². The van der Waals surface area contributed by atoms with Crippen LogP contribution in [0.1, 0.15) is 12.5 Å². The lowest BCUT2D eigenvalue weighted by atomic mass is 10.2. The van der Waals surface area contributed by atoms with E-state index in [4.69, 9.17) is 9.63 Å². The molecule has 0 spiro atoms. The van der Waals surface area contributed by atoms with Crippen LogP contribution in [0.5, 0.6) is 0 Å². The highest BCUT2D eigenvalue weighted by molar-refractivity contribution is 7.51. The van der Waals surface area contributed by atoms with Crippen LogP contribution < -0.4 is 5.32 Å². The fourth-order valence-electron chi connectivity index (χ4n) is 1.38. The van der Waals surface area contributed by atoms with Crippen LogP contribution in [0.15, 0.2) is 24.3 Å². The van der Waals surface area contributed by atoms with Gasteiger partial charge in [0.05, 0.1) is 12.8 Å². The molecule has 0 saturated carbocycles. The van der Waals surface area contributed by atoms with E-state index in [1.165, 1.54) is 0 Å². The normalized spacial score (nSPS) is 13.9. The summed E-state index contributed by atoms with van der Waals surface area (Å²) < 4.78 is 16.3. The molecule has 0 heterocycles. The van der Waals surface area contributed by atoms with Gasteiger partial charge in [0.1, 0.15) is 6.54 Å². The van der Waals surface area contributed by atoms with Crippen molar-refractivity contribution in [3.63, 3.8) is 0 Å². The number of hydrogen-bond donors (Lipinski definition) is 3. The van der Waals surface area contributed by atoms with Gasteiger partial charge in [-0.1, -0.05) is 12.1 Å². The van der Waals surface area contributed by atoms with Gasteiger partial charge in [-0.05, 0) is 24.6 Å². The molecule has 6 nitrogen and oxygen atoms in total. The van der Waals surface area contributed by atoms with E-state index in [1.54, 1.807) is 31.2 Å². The third-order valence-corrected chi connectivity index (χ3v) is 3.54. The Kier molecular flexibility index (Phi) is 5.34. The first-order valence-electron chi connectivity index (χ1n) is 5.44. The molecule has 1 aromatic carbocycles. The van der Waals surface area contributed by atoms with Crippen molar-refractivity contribution in [3.05, 3.63) is 29.8 Å². The van der Waals surface area contributed by atoms with Crippen molar-refractivity contribution in [1.82, 2.24) is 0 Å². The minimum atomic E-state index is -3.58. The molecule has 3 N–H and O–H groups in total. The van der Waals surface area contributed by atoms with Crippen LogP contribution in [-0.2, 0) is 20.0 Å². The van der Waals surface area contributed by atoms with E-state index in [0.29, 0.717) is 11.3 Å². The Balaban J connectivity index is 2.60. The van der Waals surface area contributed by atoms with Gasteiger partial charge in [-0.15, -0.1) is 0 Å². The summed E-state index contributed by atoms with van der Waals surface area (Å²) in [4.78, 5) is 19.8. The smallest absolute Gasteiger partial charge is 0.332 e. The zero-order valence-electron chi connectivity index (χ0n) is 10.00. The second-order valence-corrected chi connectivity index (χ2v) is 5.51. The number of nitrogens with one attached hydrogen (secondary N) is 1. The summed E-state index contributed by atoms with van der Waals surface area (Å²) in [5.74, 6) is -0.949. The Morgan fingerprint density at radius 2 is 2.00 bits per heavy atom. The molecule has 0 radical (unpaired) electrons. The van der Waals surface area contributed by atoms with Crippen molar-refractivity contribution in [2.45, 2.75) is 13.1 Å². The Hall–Kier alpha value is -1.36. The van der Waals surface area contributed by atoms with Crippen molar-refractivity contribution in [3.8, 4) is 0 Å². The van der Waals surface area contributed by atoms with Crippen molar-refractivity contribution in [2.24, 2.45) is 0 Å². The first-order valence-corrected chi connectivity index (χ1v) is 7.20. The summed E-state index contributed by atoms with van der Waals surface area (Å²) in [5, 5.41) is 11.2. The van der Waals surface area contributed by atoms with Crippen LogP contribution in [0, 0.1) is 0 Å². The average Bonchev–Trinajstić information content (AvgIpc) is 2.27. The molecule has 0 saturated heterocycles. The molecule has 18 heavy (non-hydrogen) atoms. The molecule has 1 unspecified atom stereocenters. The summed E-state index contributed by atoms with van der Waals surface area (Å²) in [5.41, 5.74) is 1.31. The largest absolute Gasteiger partial charge is 0.480 e. The van der Waals surface area contributed by atoms with Gasteiger partial charge in [-0.3, -0.25) is 9.36 Å². The number of carboxylic acid groups (broad SMARTS) is 1. The SMILES string of the molecule is CCOP(=O)(O)Cc1ccc(NCC(=O)O)cc1. The quantitative estimate of drug-likeness (QED) is 0.657. The minimum Gasteiger partial charge on any atom is -0.480 e. The molecule has 0 aliphatic carbocycles. The summed E-state index contributed by atoms with van der Waals surface area (Å²) in [6, 6.07) is 6.63. The van der Waals surface area contributed by atoms with Gasteiger partial charge in [-0.25, -0.2) is 0 Å². The maximum atomic E-state index is 11.5. The second kappa shape index (κ2) is 6.54. The minimum absolute atomic E-state index is 0.0555. The molecule has 0 amide bonds. The summed E-state index contributed by atoms with van der Waals surface area (Å²) in [6.45, 7) is 1.67. The highest BCUT2D eigenvalue weighted by Crippen LogP contribution is 2.45. The lowest BCUT2D eigenvalue weighted by Crippen LogP contribution is -2.12. The van der Waals surface area contributed by atoms with Crippen LogP contribution in [0.4, 0.5) is 5.69 Å². The Morgan fingerprint density at radius 1 is 1.39 bits per heavy atom. The van der Waals surface area contributed by atoms with E-state index >= 15 is 0 Å². The first-order chi connectivity index (χ1) is 8.43. The average molecular weight is 273 g/mol. The van der Waals surface area contributed by atoms with Crippen LogP contribution in [0.2, 0.25) is 0 Å². The van der Waals surface area contributed by atoms with E-state index in [9.17, 15) is 14.3 Å². The summed E-state index contributed by atoms with van der Waals surface area (Å²) in [7, 11) is -3.58. The van der Waals surface area contributed by atoms with Crippen LogP contribution in [0.3, 0.4) is 0 Å². The number of benzene rings is 1. The number of hydrogen-bond acceptors (Lipinski definition) is 4. The molecule has 100 valence electrons. The van der Waals surface area contributed by atoms with E-state index in [1.807, 2.05) is 0 Å². The number of anilines is 1. The van der Waals surface area contributed by atoms with Crippen molar-refractivity contribution in [1.29, 1.82) is 0 Å². The number of rotatable bonds is 7. The molecule has 1 rings (SSSR count). The zero-order chi connectivity index (χ0) is 13.6. The summed E-state index contributed by atoms with van der Waals surface area (Å²) >= 11 is 0. The monoisotopic (exact) mass is 273 g/mol.